The third-order valence-electron chi connectivity index (χ3n) is 2.94. The maximum atomic E-state index is 11.8. The van der Waals surface area contributed by atoms with E-state index in [2.05, 4.69) is 15.1 Å². The van der Waals surface area contributed by atoms with E-state index in [1.807, 2.05) is 0 Å². The van der Waals surface area contributed by atoms with Crippen LogP contribution < -0.4 is 10.0 Å². The van der Waals surface area contributed by atoms with E-state index in [0.717, 1.165) is 19.4 Å². The van der Waals surface area contributed by atoms with Gasteiger partial charge in [-0.2, -0.15) is 5.10 Å². The highest BCUT2D eigenvalue weighted by Gasteiger charge is 2.18. The van der Waals surface area contributed by atoms with Crippen LogP contribution in [-0.4, -0.2) is 37.3 Å². The molecule has 0 aromatic carbocycles. The van der Waals surface area contributed by atoms with E-state index in [4.69, 9.17) is 0 Å². The van der Waals surface area contributed by atoms with Crippen LogP contribution in [-0.2, 0) is 17.1 Å². The van der Waals surface area contributed by atoms with Crippen molar-refractivity contribution in [3.63, 3.8) is 0 Å². The van der Waals surface area contributed by atoms with Crippen LogP contribution in [0.15, 0.2) is 17.3 Å². The van der Waals surface area contributed by atoms with Crippen molar-refractivity contribution in [1.82, 2.24) is 19.8 Å². The zero-order valence-corrected chi connectivity index (χ0v) is 10.7. The van der Waals surface area contributed by atoms with Crippen molar-refractivity contribution < 1.29 is 8.42 Å². The summed E-state index contributed by atoms with van der Waals surface area (Å²) in [5.41, 5.74) is 0. The monoisotopic (exact) mass is 258 g/mol. The summed E-state index contributed by atoms with van der Waals surface area (Å²) >= 11 is 0. The van der Waals surface area contributed by atoms with Gasteiger partial charge >= 0.3 is 0 Å². The summed E-state index contributed by atoms with van der Waals surface area (Å²) in [6, 6.07) is 0.451. The smallest absolute Gasteiger partial charge is 0.243 e. The quantitative estimate of drug-likeness (QED) is 0.769. The molecule has 1 aromatic rings. The second-order valence-electron chi connectivity index (χ2n) is 4.33. The molecule has 1 aliphatic rings. The molecule has 1 atom stereocenters. The summed E-state index contributed by atoms with van der Waals surface area (Å²) in [5.74, 6) is 0. The molecule has 0 unspecified atom stereocenters. The van der Waals surface area contributed by atoms with E-state index in [-0.39, 0.29) is 4.90 Å². The molecule has 1 fully saturated rings. The topological polar surface area (TPSA) is 76.0 Å². The summed E-state index contributed by atoms with van der Waals surface area (Å²) in [5, 5.41) is 7.19. The fourth-order valence-corrected chi connectivity index (χ4v) is 3.02. The molecule has 0 spiro atoms. The van der Waals surface area contributed by atoms with Gasteiger partial charge in [-0.1, -0.05) is 0 Å². The minimum atomic E-state index is -3.39. The Bertz CT molecular complexity index is 462. The van der Waals surface area contributed by atoms with Gasteiger partial charge in [0.15, 0.2) is 0 Å². The lowest BCUT2D eigenvalue weighted by Crippen LogP contribution is -2.30. The normalized spacial score (nSPS) is 20.9. The molecule has 6 nitrogen and oxygen atoms in total. The molecule has 0 radical (unpaired) electrons. The molecule has 0 aliphatic carbocycles. The second-order valence-corrected chi connectivity index (χ2v) is 6.10. The van der Waals surface area contributed by atoms with Crippen LogP contribution in [0.1, 0.15) is 19.3 Å². The first-order valence-corrected chi connectivity index (χ1v) is 7.28. The van der Waals surface area contributed by atoms with Crippen molar-refractivity contribution >= 4 is 10.0 Å². The lowest BCUT2D eigenvalue weighted by molar-refractivity contribution is 0.539. The number of nitrogens with one attached hydrogen (secondary N) is 2. The van der Waals surface area contributed by atoms with E-state index >= 15 is 0 Å². The van der Waals surface area contributed by atoms with Crippen LogP contribution in [0.4, 0.5) is 0 Å². The number of nitrogens with zero attached hydrogens (tertiary/aromatic N) is 2. The second kappa shape index (κ2) is 5.16. The molecule has 96 valence electrons. The Morgan fingerprint density at radius 1 is 1.65 bits per heavy atom. The first-order valence-electron chi connectivity index (χ1n) is 5.79. The molecule has 17 heavy (non-hydrogen) atoms. The van der Waals surface area contributed by atoms with Gasteiger partial charge in [0.1, 0.15) is 4.90 Å². The molecule has 1 aliphatic heterocycles. The van der Waals surface area contributed by atoms with Crippen LogP contribution in [0.5, 0.6) is 0 Å². The van der Waals surface area contributed by atoms with Crippen molar-refractivity contribution in [2.24, 2.45) is 7.05 Å². The Balaban J connectivity index is 1.85. The van der Waals surface area contributed by atoms with Crippen molar-refractivity contribution in [1.29, 1.82) is 0 Å². The summed E-state index contributed by atoms with van der Waals surface area (Å²) in [7, 11) is -1.70. The van der Waals surface area contributed by atoms with Crippen molar-refractivity contribution in [2.75, 3.05) is 13.1 Å². The van der Waals surface area contributed by atoms with Crippen LogP contribution >= 0.6 is 0 Å². The molecule has 0 bridgehead atoms. The highest BCUT2D eigenvalue weighted by molar-refractivity contribution is 7.89. The predicted octanol–water partition coefficient (Wildman–Crippen LogP) is -0.159. The van der Waals surface area contributed by atoms with Crippen LogP contribution in [0, 0.1) is 0 Å². The van der Waals surface area contributed by atoms with Crippen LogP contribution in [0.2, 0.25) is 0 Å². The number of sulfonamides is 1. The highest BCUT2D eigenvalue weighted by atomic mass is 32.2. The Labute approximate surface area is 101 Å². The Morgan fingerprint density at radius 2 is 2.47 bits per heavy atom. The lowest BCUT2D eigenvalue weighted by atomic mass is 10.2. The summed E-state index contributed by atoms with van der Waals surface area (Å²) in [4.78, 5) is 0.222. The molecule has 1 saturated heterocycles. The third kappa shape index (κ3) is 3.27. The van der Waals surface area contributed by atoms with Gasteiger partial charge in [-0.3, -0.25) is 4.68 Å². The highest BCUT2D eigenvalue weighted by Crippen LogP contribution is 2.09. The van der Waals surface area contributed by atoms with Crippen LogP contribution in [0.3, 0.4) is 0 Å². The fraction of sp³-hybridized carbons (Fsp3) is 0.700. The van der Waals surface area contributed by atoms with E-state index in [1.165, 1.54) is 23.5 Å². The van der Waals surface area contributed by atoms with E-state index in [0.29, 0.717) is 12.6 Å². The number of aromatic nitrogens is 2. The Morgan fingerprint density at radius 3 is 3.06 bits per heavy atom. The minimum absolute atomic E-state index is 0.222. The van der Waals surface area contributed by atoms with Crippen molar-refractivity contribution in [2.45, 2.75) is 30.2 Å². The summed E-state index contributed by atoms with van der Waals surface area (Å²) in [6.07, 6.45) is 6.00. The minimum Gasteiger partial charge on any atom is -0.314 e. The summed E-state index contributed by atoms with van der Waals surface area (Å²) in [6.45, 7) is 1.51. The maximum Gasteiger partial charge on any atom is 0.243 e. The van der Waals surface area contributed by atoms with Gasteiger partial charge in [0, 0.05) is 25.8 Å². The largest absolute Gasteiger partial charge is 0.314 e. The average molecular weight is 258 g/mol. The number of hydrogen-bond acceptors (Lipinski definition) is 4. The standard InChI is InChI=1S/C10H18N4O2S/c1-14-8-10(7-12-14)17(15,16)13-6-4-9-3-2-5-11-9/h7-9,11,13H,2-6H2,1H3/t9-/m1/s1. The molecule has 2 N–H and O–H groups in total. The van der Waals surface area contributed by atoms with Crippen molar-refractivity contribution in [3.05, 3.63) is 12.4 Å². The van der Waals surface area contributed by atoms with Gasteiger partial charge in [0.2, 0.25) is 10.0 Å². The van der Waals surface area contributed by atoms with Gasteiger partial charge in [-0.25, -0.2) is 13.1 Å². The molecular formula is C10H18N4O2S. The van der Waals surface area contributed by atoms with Gasteiger partial charge in [-0.15, -0.1) is 0 Å². The number of rotatable bonds is 5. The molecule has 1 aromatic heterocycles. The van der Waals surface area contributed by atoms with E-state index in [1.54, 1.807) is 7.05 Å². The van der Waals surface area contributed by atoms with Crippen molar-refractivity contribution in [3.8, 4) is 0 Å². The maximum absolute atomic E-state index is 11.8. The van der Waals surface area contributed by atoms with Gasteiger partial charge < -0.3 is 5.32 Å². The van der Waals surface area contributed by atoms with E-state index < -0.39 is 10.0 Å². The molecule has 0 amide bonds. The third-order valence-corrected chi connectivity index (χ3v) is 4.35. The zero-order chi connectivity index (χ0) is 12.3. The van der Waals surface area contributed by atoms with Gasteiger partial charge in [0.25, 0.3) is 0 Å². The molecule has 2 rings (SSSR count). The number of aryl methyl sites for hydroxylation is 1. The molecule has 2 heterocycles. The number of hydrogen-bond donors (Lipinski definition) is 2. The fourth-order valence-electron chi connectivity index (χ4n) is 1.99. The zero-order valence-electron chi connectivity index (χ0n) is 9.89. The average Bonchev–Trinajstić information content (AvgIpc) is 2.89. The molecule has 0 saturated carbocycles. The Hall–Kier alpha value is -0.920. The predicted molar refractivity (Wildman–Crippen MR) is 64.0 cm³/mol. The molecule has 7 heteroatoms. The van der Waals surface area contributed by atoms with E-state index in [9.17, 15) is 8.42 Å². The Kier molecular flexibility index (Phi) is 3.80. The first-order chi connectivity index (χ1) is 8.08. The molecular weight excluding hydrogens is 240 g/mol. The SMILES string of the molecule is Cn1cc(S(=O)(=O)NCC[C@H]2CCCN2)cn1. The first kappa shape index (κ1) is 12.5. The van der Waals surface area contributed by atoms with Gasteiger partial charge in [-0.05, 0) is 25.8 Å². The summed E-state index contributed by atoms with van der Waals surface area (Å²) < 4.78 is 27.7. The van der Waals surface area contributed by atoms with Crippen LogP contribution in [0.25, 0.3) is 0 Å². The van der Waals surface area contributed by atoms with Gasteiger partial charge in [0.05, 0.1) is 6.20 Å². The lowest BCUT2D eigenvalue weighted by Gasteiger charge is -2.10.